The standard InChI is InChI=1S/C12H25BO2S/c1-11(2)12(3,4)15-13(14-11)9-8-10-16(5,6)7/h8,10H,9H2,1-7H3/b10-8+. The van der Waals surface area contributed by atoms with E-state index in [0.29, 0.717) is 0 Å². The van der Waals surface area contributed by atoms with Gasteiger partial charge in [-0.05, 0) is 46.5 Å². The van der Waals surface area contributed by atoms with Crippen LogP contribution >= 0.6 is 10.0 Å². The van der Waals surface area contributed by atoms with Gasteiger partial charge in [-0.2, -0.15) is 0 Å². The first-order valence-corrected chi connectivity index (χ1v) is 8.66. The molecule has 4 heteroatoms. The molecule has 0 saturated carbocycles. The van der Waals surface area contributed by atoms with Crippen LogP contribution in [-0.4, -0.2) is 37.1 Å². The maximum Gasteiger partial charge on any atom is 0.461 e. The molecule has 0 radical (unpaired) electrons. The van der Waals surface area contributed by atoms with Crippen molar-refractivity contribution in [1.82, 2.24) is 0 Å². The van der Waals surface area contributed by atoms with Crippen molar-refractivity contribution >= 4 is 17.1 Å². The van der Waals surface area contributed by atoms with Crippen LogP contribution in [0.4, 0.5) is 0 Å². The van der Waals surface area contributed by atoms with Crippen molar-refractivity contribution in [3.05, 3.63) is 11.5 Å². The zero-order valence-corrected chi connectivity index (χ0v) is 12.5. The Morgan fingerprint density at radius 2 is 1.44 bits per heavy atom. The summed E-state index contributed by atoms with van der Waals surface area (Å²) in [7, 11) is -0.659. The van der Waals surface area contributed by atoms with Gasteiger partial charge in [0.05, 0.1) is 11.2 Å². The Morgan fingerprint density at radius 3 is 1.81 bits per heavy atom. The van der Waals surface area contributed by atoms with Crippen LogP contribution in [0.15, 0.2) is 11.5 Å². The maximum absolute atomic E-state index is 5.91. The van der Waals surface area contributed by atoms with E-state index in [1.807, 2.05) is 0 Å². The number of hydrogen-bond donors (Lipinski definition) is 0. The highest BCUT2D eigenvalue weighted by atomic mass is 32.3. The topological polar surface area (TPSA) is 18.5 Å². The van der Waals surface area contributed by atoms with Crippen LogP contribution in [0, 0.1) is 0 Å². The molecule has 0 spiro atoms. The third kappa shape index (κ3) is 3.54. The van der Waals surface area contributed by atoms with Crippen molar-refractivity contribution in [1.29, 1.82) is 0 Å². The second-order valence-electron chi connectivity index (χ2n) is 6.23. The Hall–Kier alpha value is 0.0749. The van der Waals surface area contributed by atoms with Crippen molar-refractivity contribution in [2.45, 2.75) is 45.2 Å². The predicted octanol–water partition coefficient (Wildman–Crippen LogP) is 3.29. The summed E-state index contributed by atoms with van der Waals surface area (Å²) in [6.45, 7) is 8.36. The first kappa shape index (κ1) is 14.1. The highest BCUT2D eigenvalue weighted by Crippen LogP contribution is 2.39. The van der Waals surface area contributed by atoms with Gasteiger partial charge in [0.25, 0.3) is 0 Å². The lowest BCUT2D eigenvalue weighted by Gasteiger charge is -2.32. The number of allylic oxidation sites excluding steroid dienone is 1. The van der Waals surface area contributed by atoms with Crippen LogP contribution in [0.3, 0.4) is 0 Å². The minimum Gasteiger partial charge on any atom is -0.403 e. The summed E-state index contributed by atoms with van der Waals surface area (Å²) in [6, 6.07) is 0. The Morgan fingerprint density at radius 1 is 1.00 bits per heavy atom. The van der Waals surface area contributed by atoms with E-state index in [-0.39, 0.29) is 18.3 Å². The van der Waals surface area contributed by atoms with Gasteiger partial charge in [-0.15, -0.1) is 0 Å². The number of hydrogen-bond acceptors (Lipinski definition) is 2. The third-order valence-corrected chi connectivity index (χ3v) is 4.14. The highest BCUT2D eigenvalue weighted by Gasteiger charge is 2.50. The largest absolute Gasteiger partial charge is 0.461 e. The molecule has 0 atom stereocenters. The quantitative estimate of drug-likeness (QED) is 0.709. The molecule has 94 valence electrons. The average Bonchev–Trinajstić information content (AvgIpc) is 2.17. The van der Waals surface area contributed by atoms with Crippen molar-refractivity contribution in [3.8, 4) is 0 Å². The molecule has 16 heavy (non-hydrogen) atoms. The molecule has 1 fully saturated rings. The van der Waals surface area contributed by atoms with Gasteiger partial charge in [-0.3, -0.25) is 0 Å². The van der Waals surface area contributed by atoms with Gasteiger partial charge in [0.2, 0.25) is 0 Å². The Labute approximate surface area is 102 Å². The van der Waals surface area contributed by atoms with E-state index in [1.165, 1.54) is 0 Å². The molecule has 0 aliphatic carbocycles. The summed E-state index contributed by atoms with van der Waals surface area (Å²) in [5.74, 6) is 0. The number of rotatable bonds is 3. The minimum absolute atomic E-state index is 0.0944. The summed E-state index contributed by atoms with van der Waals surface area (Å²) >= 11 is 0. The van der Waals surface area contributed by atoms with Crippen molar-refractivity contribution in [2.75, 3.05) is 18.8 Å². The summed E-state index contributed by atoms with van der Waals surface area (Å²) in [5.41, 5.74) is -0.416. The van der Waals surface area contributed by atoms with Crippen LogP contribution in [-0.2, 0) is 9.31 Å². The van der Waals surface area contributed by atoms with Crippen molar-refractivity contribution < 1.29 is 9.31 Å². The molecule has 1 heterocycles. The zero-order valence-electron chi connectivity index (χ0n) is 11.7. The Balaban J connectivity index is 2.52. The third-order valence-electron chi connectivity index (χ3n) is 3.14. The monoisotopic (exact) mass is 244 g/mol. The molecule has 1 aliphatic heterocycles. The van der Waals surface area contributed by atoms with Crippen LogP contribution < -0.4 is 0 Å². The molecule has 0 aromatic rings. The van der Waals surface area contributed by atoms with E-state index >= 15 is 0 Å². The molecule has 0 bridgehead atoms. The van der Waals surface area contributed by atoms with Gasteiger partial charge >= 0.3 is 7.12 Å². The molecule has 0 aromatic heterocycles. The fourth-order valence-electron chi connectivity index (χ4n) is 1.52. The van der Waals surface area contributed by atoms with Crippen molar-refractivity contribution in [3.63, 3.8) is 0 Å². The zero-order chi connectivity index (χ0) is 12.6. The molecular weight excluding hydrogens is 219 g/mol. The molecule has 0 unspecified atom stereocenters. The lowest BCUT2D eigenvalue weighted by atomic mass is 9.85. The van der Waals surface area contributed by atoms with Crippen molar-refractivity contribution in [2.24, 2.45) is 0 Å². The molecule has 0 aromatic carbocycles. The molecule has 1 rings (SSSR count). The van der Waals surface area contributed by atoms with Gasteiger partial charge in [-0.1, -0.05) is 11.5 Å². The fourth-order valence-corrected chi connectivity index (χ4v) is 2.21. The first-order chi connectivity index (χ1) is 7.04. The van der Waals surface area contributed by atoms with Crippen LogP contribution in [0.5, 0.6) is 0 Å². The van der Waals surface area contributed by atoms with Crippen LogP contribution in [0.2, 0.25) is 6.32 Å². The minimum atomic E-state index is -0.565. The second-order valence-corrected chi connectivity index (χ2v) is 10.4. The highest BCUT2D eigenvalue weighted by molar-refractivity contribution is 8.34. The average molecular weight is 244 g/mol. The second kappa shape index (κ2) is 4.39. The lowest BCUT2D eigenvalue weighted by Crippen LogP contribution is -2.41. The van der Waals surface area contributed by atoms with Crippen LogP contribution in [0.25, 0.3) is 0 Å². The van der Waals surface area contributed by atoms with E-state index in [1.54, 1.807) is 0 Å². The summed E-state index contributed by atoms with van der Waals surface area (Å²) < 4.78 is 11.8. The van der Waals surface area contributed by atoms with E-state index in [0.717, 1.165) is 6.32 Å². The van der Waals surface area contributed by atoms with Gasteiger partial charge in [-0.25, -0.2) is 10.0 Å². The van der Waals surface area contributed by atoms with E-state index < -0.39 is 10.0 Å². The Bertz CT molecular complexity index is 263. The van der Waals surface area contributed by atoms with Gasteiger partial charge < -0.3 is 9.31 Å². The molecule has 0 N–H and O–H groups in total. The summed E-state index contributed by atoms with van der Waals surface area (Å²) in [6.07, 6.45) is 9.85. The molecule has 0 amide bonds. The predicted molar refractivity (Wildman–Crippen MR) is 75.4 cm³/mol. The van der Waals surface area contributed by atoms with Gasteiger partial charge in [0.1, 0.15) is 0 Å². The van der Waals surface area contributed by atoms with Gasteiger partial charge in [0.15, 0.2) is 0 Å². The molecule has 1 aliphatic rings. The van der Waals surface area contributed by atoms with E-state index in [9.17, 15) is 0 Å². The molecule has 2 nitrogen and oxygen atoms in total. The summed E-state index contributed by atoms with van der Waals surface area (Å²) in [5, 5.41) is 2.29. The lowest BCUT2D eigenvalue weighted by molar-refractivity contribution is 0.00578. The van der Waals surface area contributed by atoms with E-state index in [4.69, 9.17) is 9.31 Å². The molecule has 1 saturated heterocycles. The van der Waals surface area contributed by atoms with Gasteiger partial charge in [0, 0.05) is 6.32 Å². The molecular formula is C12H25BO2S. The fraction of sp³-hybridized carbons (Fsp3) is 0.833. The van der Waals surface area contributed by atoms with Crippen LogP contribution in [0.1, 0.15) is 27.7 Å². The first-order valence-electron chi connectivity index (χ1n) is 5.74. The Kier molecular flexibility index (Phi) is 3.88. The normalized spacial score (nSPS) is 25.3. The van der Waals surface area contributed by atoms with E-state index in [2.05, 4.69) is 57.9 Å². The maximum atomic E-state index is 5.91. The smallest absolute Gasteiger partial charge is 0.403 e. The summed E-state index contributed by atoms with van der Waals surface area (Å²) in [4.78, 5) is 0. The SMILES string of the molecule is CC1(C)OB(C/C=C/S(C)(C)C)OC1(C)C.